The largest absolute Gasteiger partial charge is 0.389 e. The first kappa shape index (κ1) is 17.0. The van der Waals surface area contributed by atoms with Crippen molar-refractivity contribution >= 4 is 0 Å². The summed E-state index contributed by atoms with van der Waals surface area (Å²) in [5.41, 5.74) is 2.04. The van der Waals surface area contributed by atoms with Gasteiger partial charge in [0.15, 0.2) is 0 Å². The number of rotatable bonds is 5. The minimum absolute atomic E-state index is 0.0344. The van der Waals surface area contributed by atoms with Gasteiger partial charge in [-0.3, -0.25) is 4.98 Å². The molecule has 1 aliphatic heterocycles. The van der Waals surface area contributed by atoms with Crippen LogP contribution in [-0.4, -0.2) is 49.9 Å². The Balaban J connectivity index is 1.62. The Kier molecular flexibility index (Phi) is 4.93. The first-order valence-electron chi connectivity index (χ1n) is 8.26. The van der Waals surface area contributed by atoms with Gasteiger partial charge in [0.05, 0.1) is 37.1 Å². The molecule has 0 amide bonds. The summed E-state index contributed by atoms with van der Waals surface area (Å²) in [4.78, 5) is 4.01. The number of aromatic nitrogens is 4. The van der Waals surface area contributed by atoms with Gasteiger partial charge in [-0.05, 0) is 17.7 Å². The second-order valence-electron chi connectivity index (χ2n) is 7.28. The van der Waals surface area contributed by atoms with E-state index in [1.54, 1.807) is 17.1 Å². The van der Waals surface area contributed by atoms with Gasteiger partial charge in [-0.15, -0.1) is 5.10 Å². The molecule has 1 saturated heterocycles. The topological polar surface area (TPSA) is 85.1 Å². The molecule has 0 aromatic carbocycles. The fourth-order valence-electron chi connectivity index (χ4n) is 2.76. The number of aliphatic hydroxyl groups excluding tert-OH is 1. The number of nitrogens with one attached hydrogen (secondary N) is 1. The van der Waals surface area contributed by atoms with E-state index in [1.165, 1.54) is 0 Å². The minimum atomic E-state index is -0.526. The maximum absolute atomic E-state index is 10.2. The van der Waals surface area contributed by atoms with Crippen LogP contribution in [-0.2, 0) is 23.2 Å². The molecule has 7 heteroatoms. The predicted molar refractivity (Wildman–Crippen MR) is 89.3 cm³/mol. The lowest BCUT2D eigenvalue weighted by Gasteiger charge is -2.21. The fraction of sp³-hybridized carbons (Fsp3) is 0.588. The summed E-state index contributed by atoms with van der Waals surface area (Å²) < 4.78 is 7.55. The van der Waals surface area contributed by atoms with Crippen LogP contribution in [0.1, 0.15) is 32.0 Å². The highest BCUT2D eigenvalue weighted by molar-refractivity contribution is 5.10. The Morgan fingerprint density at radius 1 is 1.33 bits per heavy atom. The monoisotopic (exact) mass is 331 g/mol. The molecular formula is C17H25N5O2. The Hall–Kier alpha value is -1.83. The van der Waals surface area contributed by atoms with Crippen LogP contribution in [0.15, 0.2) is 30.7 Å². The molecular weight excluding hydrogens is 306 g/mol. The molecule has 1 aliphatic rings. The summed E-state index contributed by atoms with van der Waals surface area (Å²) in [6, 6.07) is 3.77. The van der Waals surface area contributed by atoms with Gasteiger partial charge in [-0.25, -0.2) is 4.68 Å². The van der Waals surface area contributed by atoms with Crippen molar-refractivity contribution in [3.8, 4) is 0 Å². The number of ether oxygens (including phenoxy) is 1. The summed E-state index contributed by atoms with van der Waals surface area (Å²) in [6.45, 7) is 7.88. The number of hydrogen-bond acceptors (Lipinski definition) is 6. The third kappa shape index (κ3) is 3.98. The van der Waals surface area contributed by atoms with E-state index in [1.807, 2.05) is 18.3 Å². The molecule has 0 saturated carbocycles. The second-order valence-corrected chi connectivity index (χ2v) is 7.28. The molecule has 3 heterocycles. The molecule has 7 nitrogen and oxygen atoms in total. The third-order valence-corrected chi connectivity index (χ3v) is 4.26. The smallest absolute Gasteiger partial charge is 0.0952 e. The number of nitrogens with zero attached hydrogens (tertiary/aromatic N) is 4. The molecule has 3 atom stereocenters. The van der Waals surface area contributed by atoms with Crippen molar-refractivity contribution in [1.82, 2.24) is 25.3 Å². The van der Waals surface area contributed by atoms with Crippen molar-refractivity contribution < 1.29 is 9.84 Å². The van der Waals surface area contributed by atoms with Crippen LogP contribution in [0.4, 0.5) is 0 Å². The minimum Gasteiger partial charge on any atom is -0.389 e. The molecule has 2 aromatic rings. The van der Waals surface area contributed by atoms with Crippen LogP contribution in [0.2, 0.25) is 0 Å². The van der Waals surface area contributed by atoms with Gasteiger partial charge in [-0.2, -0.15) is 0 Å². The van der Waals surface area contributed by atoms with E-state index in [4.69, 9.17) is 4.74 Å². The summed E-state index contributed by atoms with van der Waals surface area (Å²) in [6.07, 6.45) is 4.81. The first-order valence-corrected chi connectivity index (χ1v) is 8.26. The summed E-state index contributed by atoms with van der Waals surface area (Å²) >= 11 is 0. The molecule has 0 bridgehead atoms. The van der Waals surface area contributed by atoms with Crippen molar-refractivity contribution in [2.45, 2.75) is 57.5 Å². The molecule has 0 radical (unpaired) electrons. The van der Waals surface area contributed by atoms with Gasteiger partial charge >= 0.3 is 0 Å². The lowest BCUT2D eigenvalue weighted by molar-refractivity contribution is 0.0741. The average Bonchev–Trinajstić information content (AvgIpc) is 3.14. The standard InChI is InChI=1S/C17H25N5O2/c1-17(2,3)15-10-22(21-20-15)9-14-16(13(23)11-24-14)19-8-12-4-6-18-7-5-12/h4-7,10,13-14,16,19,23H,8-9,11H2,1-3H3/t13-,14+,16+/m0/s1. The first-order chi connectivity index (χ1) is 11.4. The van der Waals surface area contributed by atoms with Crippen LogP contribution >= 0.6 is 0 Å². The van der Waals surface area contributed by atoms with Gasteiger partial charge in [0, 0.05) is 30.6 Å². The predicted octanol–water partition coefficient (Wildman–Crippen LogP) is 0.889. The van der Waals surface area contributed by atoms with Crippen molar-refractivity contribution in [3.05, 3.63) is 42.0 Å². The molecule has 0 spiro atoms. The van der Waals surface area contributed by atoms with E-state index in [2.05, 4.69) is 41.4 Å². The highest BCUT2D eigenvalue weighted by atomic mass is 16.5. The summed E-state index contributed by atoms with van der Waals surface area (Å²) in [7, 11) is 0. The average molecular weight is 331 g/mol. The van der Waals surface area contributed by atoms with E-state index < -0.39 is 6.10 Å². The van der Waals surface area contributed by atoms with Crippen LogP contribution in [0.3, 0.4) is 0 Å². The Bertz CT molecular complexity index is 653. The maximum Gasteiger partial charge on any atom is 0.0952 e. The second kappa shape index (κ2) is 6.96. The van der Waals surface area contributed by atoms with Gasteiger partial charge in [0.1, 0.15) is 0 Å². The summed E-state index contributed by atoms with van der Waals surface area (Å²) in [5, 5.41) is 22.0. The number of aliphatic hydroxyl groups is 1. The lowest BCUT2D eigenvalue weighted by Crippen LogP contribution is -2.45. The summed E-state index contributed by atoms with van der Waals surface area (Å²) in [5.74, 6) is 0. The number of hydrogen-bond donors (Lipinski definition) is 2. The van der Waals surface area contributed by atoms with Crippen molar-refractivity contribution in [2.75, 3.05) is 6.61 Å². The van der Waals surface area contributed by atoms with Crippen LogP contribution in [0.25, 0.3) is 0 Å². The highest BCUT2D eigenvalue weighted by Crippen LogP contribution is 2.21. The van der Waals surface area contributed by atoms with Gasteiger partial charge in [0.2, 0.25) is 0 Å². The van der Waals surface area contributed by atoms with Gasteiger partial charge < -0.3 is 15.2 Å². The zero-order chi connectivity index (χ0) is 17.2. The molecule has 2 N–H and O–H groups in total. The van der Waals surface area contributed by atoms with Crippen LogP contribution in [0, 0.1) is 0 Å². The molecule has 2 aromatic heterocycles. The quantitative estimate of drug-likeness (QED) is 0.846. The van der Waals surface area contributed by atoms with E-state index >= 15 is 0 Å². The van der Waals surface area contributed by atoms with Gasteiger partial charge in [-0.1, -0.05) is 26.0 Å². The Morgan fingerprint density at radius 2 is 2.08 bits per heavy atom. The van der Waals surface area contributed by atoms with E-state index in [-0.39, 0.29) is 17.6 Å². The van der Waals surface area contributed by atoms with Crippen molar-refractivity contribution in [3.63, 3.8) is 0 Å². The van der Waals surface area contributed by atoms with Crippen molar-refractivity contribution in [2.24, 2.45) is 0 Å². The van der Waals surface area contributed by atoms with Crippen LogP contribution in [0.5, 0.6) is 0 Å². The zero-order valence-electron chi connectivity index (χ0n) is 14.4. The molecule has 0 unspecified atom stereocenters. The van der Waals surface area contributed by atoms with Gasteiger partial charge in [0.25, 0.3) is 0 Å². The molecule has 1 fully saturated rings. The number of pyridine rings is 1. The maximum atomic E-state index is 10.2. The fourth-order valence-corrected chi connectivity index (χ4v) is 2.76. The molecule has 130 valence electrons. The lowest BCUT2D eigenvalue weighted by atomic mass is 9.93. The SMILES string of the molecule is CC(C)(C)c1cn(C[C@H]2OC[C@H](O)[C@H]2NCc2ccncc2)nn1. The normalized spacial score (nSPS) is 24.4. The molecule has 3 rings (SSSR count). The molecule has 0 aliphatic carbocycles. The third-order valence-electron chi connectivity index (χ3n) is 4.26. The van der Waals surface area contributed by atoms with Crippen LogP contribution < -0.4 is 5.32 Å². The van der Waals surface area contributed by atoms with E-state index in [0.29, 0.717) is 19.7 Å². The molecule has 24 heavy (non-hydrogen) atoms. The van der Waals surface area contributed by atoms with E-state index in [0.717, 1.165) is 11.3 Å². The van der Waals surface area contributed by atoms with Crippen molar-refractivity contribution in [1.29, 1.82) is 0 Å². The Morgan fingerprint density at radius 3 is 2.75 bits per heavy atom. The highest BCUT2D eigenvalue weighted by Gasteiger charge is 2.36. The zero-order valence-corrected chi connectivity index (χ0v) is 14.4. The Labute approximate surface area is 142 Å². The van der Waals surface area contributed by atoms with E-state index in [9.17, 15) is 5.11 Å².